The summed E-state index contributed by atoms with van der Waals surface area (Å²) in [5.41, 5.74) is 1.61. The SMILES string of the molecule is O=C(O)c1cc(/C=C/C2CCOC2)nc2ccc(Br)cc12. The zero-order valence-electron chi connectivity index (χ0n) is 11.3. The van der Waals surface area contributed by atoms with Crippen molar-refractivity contribution in [2.24, 2.45) is 5.92 Å². The molecule has 0 aliphatic carbocycles. The maximum atomic E-state index is 11.5. The molecular formula is C16H14BrNO3. The summed E-state index contributed by atoms with van der Waals surface area (Å²) in [6.45, 7) is 1.51. The van der Waals surface area contributed by atoms with Crippen LogP contribution in [0.15, 0.2) is 34.8 Å². The average molecular weight is 348 g/mol. The van der Waals surface area contributed by atoms with Gasteiger partial charge >= 0.3 is 5.97 Å². The fraction of sp³-hybridized carbons (Fsp3) is 0.250. The Morgan fingerprint density at radius 3 is 3.00 bits per heavy atom. The van der Waals surface area contributed by atoms with E-state index in [2.05, 4.69) is 20.9 Å². The van der Waals surface area contributed by atoms with Crippen LogP contribution < -0.4 is 0 Å². The number of nitrogens with zero attached hydrogens (tertiary/aromatic N) is 1. The van der Waals surface area contributed by atoms with Crippen LogP contribution in [0, 0.1) is 5.92 Å². The molecule has 1 aliphatic rings. The van der Waals surface area contributed by atoms with Gasteiger partial charge in [-0.1, -0.05) is 22.0 Å². The highest BCUT2D eigenvalue weighted by atomic mass is 79.9. The summed E-state index contributed by atoms with van der Waals surface area (Å²) < 4.78 is 6.16. The Balaban J connectivity index is 2.03. The lowest BCUT2D eigenvalue weighted by Crippen LogP contribution is -2.00. The predicted octanol–water partition coefficient (Wildman–Crippen LogP) is 3.75. The van der Waals surface area contributed by atoms with E-state index in [0.717, 1.165) is 24.1 Å². The topological polar surface area (TPSA) is 59.4 Å². The van der Waals surface area contributed by atoms with Crippen LogP contribution in [0.5, 0.6) is 0 Å². The van der Waals surface area contributed by atoms with Crippen molar-refractivity contribution < 1.29 is 14.6 Å². The van der Waals surface area contributed by atoms with Gasteiger partial charge in [0.1, 0.15) is 0 Å². The number of fused-ring (bicyclic) bond motifs is 1. The first-order valence-electron chi connectivity index (χ1n) is 6.73. The van der Waals surface area contributed by atoms with E-state index in [1.54, 1.807) is 12.1 Å². The second-order valence-electron chi connectivity index (χ2n) is 5.04. The Bertz CT molecular complexity index is 721. The Hall–Kier alpha value is -1.72. The number of carbonyl (C=O) groups is 1. The molecule has 1 aromatic carbocycles. The lowest BCUT2D eigenvalue weighted by atomic mass is 10.1. The van der Waals surface area contributed by atoms with E-state index < -0.39 is 5.97 Å². The Kier molecular flexibility index (Phi) is 4.03. The van der Waals surface area contributed by atoms with Gasteiger partial charge in [-0.2, -0.15) is 0 Å². The van der Waals surface area contributed by atoms with Gasteiger partial charge in [-0.15, -0.1) is 0 Å². The van der Waals surface area contributed by atoms with E-state index >= 15 is 0 Å². The molecule has 1 saturated heterocycles. The quantitative estimate of drug-likeness (QED) is 0.918. The van der Waals surface area contributed by atoms with Gasteiger partial charge in [0, 0.05) is 22.4 Å². The molecule has 21 heavy (non-hydrogen) atoms. The molecule has 0 bridgehead atoms. The number of carboxylic acids is 1. The van der Waals surface area contributed by atoms with Crippen LogP contribution in [0.25, 0.3) is 17.0 Å². The summed E-state index contributed by atoms with van der Waals surface area (Å²) in [4.78, 5) is 16.0. The van der Waals surface area contributed by atoms with Gasteiger partial charge in [0.05, 0.1) is 23.4 Å². The van der Waals surface area contributed by atoms with Crippen molar-refractivity contribution >= 4 is 38.9 Å². The third-order valence-corrected chi connectivity index (χ3v) is 4.02. The predicted molar refractivity (Wildman–Crippen MR) is 84.4 cm³/mol. The first kappa shape index (κ1) is 14.2. The molecule has 1 atom stereocenters. The summed E-state index contributed by atoms with van der Waals surface area (Å²) >= 11 is 3.36. The highest BCUT2D eigenvalue weighted by molar-refractivity contribution is 9.10. The van der Waals surface area contributed by atoms with E-state index in [9.17, 15) is 9.90 Å². The first-order chi connectivity index (χ1) is 10.1. The Morgan fingerprint density at radius 2 is 2.29 bits per heavy atom. The number of ether oxygens (including phenoxy) is 1. The number of rotatable bonds is 3. The molecule has 0 saturated carbocycles. The van der Waals surface area contributed by atoms with Crippen molar-refractivity contribution in [3.8, 4) is 0 Å². The smallest absolute Gasteiger partial charge is 0.336 e. The van der Waals surface area contributed by atoms with Crippen molar-refractivity contribution in [3.05, 3.63) is 46.1 Å². The van der Waals surface area contributed by atoms with E-state index in [-0.39, 0.29) is 5.56 Å². The number of hydrogen-bond acceptors (Lipinski definition) is 3. The maximum absolute atomic E-state index is 11.5. The number of pyridine rings is 1. The van der Waals surface area contributed by atoms with Crippen LogP contribution in [0.3, 0.4) is 0 Å². The van der Waals surface area contributed by atoms with Crippen LogP contribution >= 0.6 is 15.9 Å². The minimum absolute atomic E-state index is 0.267. The van der Waals surface area contributed by atoms with Crippen LogP contribution in [-0.2, 0) is 4.74 Å². The van der Waals surface area contributed by atoms with Crippen LogP contribution in [0.1, 0.15) is 22.5 Å². The van der Waals surface area contributed by atoms with E-state index in [0.29, 0.717) is 22.5 Å². The van der Waals surface area contributed by atoms with Gasteiger partial charge in [0.25, 0.3) is 0 Å². The molecule has 1 N–H and O–H groups in total. The van der Waals surface area contributed by atoms with Gasteiger partial charge in [0.15, 0.2) is 0 Å². The van der Waals surface area contributed by atoms with E-state index in [4.69, 9.17) is 4.74 Å². The van der Waals surface area contributed by atoms with Crippen LogP contribution in [0.2, 0.25) is 0 Å². The summed E-state index contributed by atoms with van der Waals surface area (Å²) in [5.74, 6) is -0.556. The Morgan fingerprint density at radius 1 is 1.43 bits per heavy atom. The minimum atomic E-state index is -0.945. The van der Waals surface area contributed by atoms with Gasteiger partial charge < -0.3 is 9.84 Å². The molecule has 108 valence electrons. The highest BCUT2D eigenvalue weighted by Gasteiger charge is 2.14. The number of aromatic nitrogens is 1. The molecule has 5 heteroatoms. The van der Waals surface area contributed by atoms with Crippen molar-refractivity contribution in [1.29, 1.82) is 0 Å². The number of halogens is 1. The third kappa shape index (κ3) is 3.14. The molecule has 2 aromatic rings. The Labute approximate surface area is 130 Å². The first-order valence-corrected chi connectivity index (χ1v) is 7.52. The third-order valence-electron chi connectivity index (χ3n) is 3.53. The zero-order valence-corrected chi connectivity index (χ0v) is 12.8. The fourth-order valence-electron chi connectivity index (χ4n) is 2.42. The van der Waals surface area contributed by atoms with Gasteiger partial charge in [0.2, 0.25) is 0 Å². The largest absolute Gasteiger partial charge is 0.478 e. The molecule has 0 amide bonds. The second-order valence-corrected chi connectivity index (χ2v) is 5.96. The van der Waals surface area contributed by atoms with E-state index in [1.807, 2.05) is 24.3 Å². The molecule has 3 rings (SSSR count). The lowest BCUT2D eigenvalue weighted by Gasteiger charge is -2.05. The number of aromatic carboxylic acids is 1. The normalized spacial score (nSPS) is 18.6. The molecule has 0 radical (unpaired) electrons. The van der Waals surface area contributed by atoms with Crippen LogP contribution in [0.4, 0.5) is 0 Å². The molecule has 1 unspecified atom stereocenters. The molecule has 1 aromatic heterocycles. The van der Waals surface area contributed by atoms with Crippen molar-refractivity contribution in [2.75, 3.05) is 13.2 Å². The minimum Gasteiger partial charge on any atom is -0.478 e. The standard InChI is InChI=1S/C16H14BrNO3/c17-11-2-4-15-13(7-11)14(16(19)20)8-12(18-15)3-1-10-5-6-21-9-10/h1-4,7-8,10H,5-6,9H2,(H,19,20)/b3-1+. The van der Waals surface area contributed by atoms with Crippen molar-refractivity contribution in [2.45, 2.75) is 6.42 Å². The summed E-state index contributed by atoms with van der Waals surface area (Å²) in [7, 11) is 0. The van der Waals surface area contributed by atoms with E-state index in [1.165, 1.54) is 0 Å². The maximum Gasteiger partial charge on any atom is 0.336 e. The highest BCUT2D eigenvalue weighted by Crippen LogP contribution is 2.24. The molecule has 2 heterocycles. The number of benzene rings is 1. The van der Waals surface area contributed by atoms with Gasteiger partial charge in [-0.3, -0.25) is 0 Å². The lowest BCUT2D eigenvalue weighted by molar-refractivity contribution is 0.0699. The summed E-state index contributed by atoms with van der Waals surface area (Å²) in [5, 5.41) is 10.0. The molecule has 4 nitrogen and oxygen atoms in total. The average Bonchev–Trinajstić information content (AvgIpc) is 2.97. The van der Waals surface area contributed by atoms with Crippen LogP contribution in [-0.4, -0.2) is 29.3 Å². The summed E-state index contributed by atoms with van der Waals surface area (Å²) in [6, 6.07) is 7.08. The van der Waals surface area contributed by atoms with Gasteiger partial charge in [-0.05, 0) is 36.8 Å². The monoisotopic (exact) mass is 347 g/mol. The molecule has 0 spiro atoms. The molecule has 1 aliphatic heterocycles. The fourth-order valence-corrected chi connectivity index (χ4v) is 2.78. The number of hydrogen-bond donors (Lipinski definition) is 1. The molecular weight excluding hydrogens is 334 g/mol. The van der Waals surface area contributed by atoms with Gasteiger partial charge in [-0.25, -0.2) is 9.78 Å². The summed E-state index contributed by atoms with van der Waals surface area (Å²) in [6.07, 6.45) is 4.93. The van der Waals surface area contributed by atoms with Crippen molar-refractivity contribution in [1.82, 2.24) is 4.98 Å². The van der Waals surface area contributed by atoms with Crippen molar-refractivity contribution in [3.63, 3.8) is 0 Å². The molecule has 1 fully saturated rings. The zero-order chi connectivity index (χ0) is 14.8. The second kappa shape index (κ2) is 5.95. The number of carboxylic acid groups (broad SMARTS) is 1.